The van der Waals surface area contributed by atoms with Gasteiger partial charge in [-0.15, -0.1) is 0 Å². The molecule has 42 heavy (non-hydrogen) atoms. The van der Waals surface area contributed by atoms with Crippen LogP contribution < -0.4 is 9.62 Å². The maximum absolute atomic E-state index is 14.1. The Morgan fingerprint density at radius 1 is 0.952 bits per heavy atom. The number of sulfonamides is 1. The number of carbonyl (C=O) groups excluding carboxylic acids is 2. The molecule has 1 aliphatic carbocycles. The minimum atomic E-state index is -4.11. The lowest BCUT2D eigenvalue weighted by atomic mass is 9.94. The van der Waals surface area contributed by atoms with E-state index >= 15 is 0 Å². The zero-order chi connectivity index (χ0) is 30.3. The average Bonchev–Trinajstić information content (AvgIpc) is 2.96. The van der Waals surface area contributed by atoms with Crippen molar-refractivity contribution in [3.8, 4) is 0 Å². The van der Waals surface area contributed by atoms with Crippen molar-refractivity contribution >= 4 is 39.1 Å². The zero-order valence-electron chi connectivity index (χ0n) is 23.3. The van der Waals surface area contributed by atoms with Crippen LogP contribution in [0.1, 0.15) is 43.2 Å². The van der Waals surface area contributed by atoms with E-state index < -0.39 is 40.2 Å². The fourth-order valence-corrected chi connectivity index (χ4v) is 6.20. The largest absolute Gasteiger partial charge is 0.352 e. The van der Waals surface area contributed by atoms with E-state index in [2.05, 4.69) is 5.32 Å². The molecule has 0 heterocycles. The summed E-state index contributed by atoms with van der Waals surface area (Å²) in [7, 11) is -4.11. The predicted molar refractivity (Wildman–Crippen MR) is 159 cm³/mol. The predicted octanol–water partition coefficient (Wildman–Crippen LogP) is 5.47. The highest BCUT2D eigenvalue weighted by Crippen LogP contribution is 2.25. The smallest absolute Gasteiger partial charge is 0.244 e. The van der Waals surface area contributed by atoms with Gasteiger partial charge in [-0.25, -0.2) is 17.2 Å². The fraction of sp³-hybridized carbons (Fsp3) is 0.355. The van der Waals surface area contributed by atoms with Crippen LogP contribution in [0.4, 0.5) is 14.5 Å². The highest BCUT2D eigenvalue weighted by molar-refractivity contribution is 7.92. The molecule has 0 aromatic heterocycles. The second kappa shape index (κ2) is 14.1. The van der Waals surface area contributed by atoms with E-state index in [9.17, 15) is 26.8 Å². The number of anilines is 1. The van der Waals surface area contributed by atoms with Crippen LogP contribution in [0.15, 0.2) is 72.8 Å². The van der Waals surface area contributed by atoms with Gasteiger partial charge in [0.2, 0.25) is 21.8 Å². The SMILES string of the molecule is CS(=O)(=O)N(CC(=O)N(Cc1ccccc1Cl)[C@@H](Cc1ccccc1)C(=O)NC1CCCCC1)c1ccc(F)c(F)c1. The highest BCUT2D eigenvalue weighted by atomic mass is 35.5. The van der Waals surface area contributed by atoms with E-state index in [1.54, 1.807) is 24.3 Å². The summed E-state index contributed by atoms with van der Waals surface area (Å²) in [6, 6.07) is 17.7. The molecule has 11 heteroatoms. The van der Waals surface area contributed by atoms with Gasteiger partial charge in [-0.05, 0) is 42.2 Å². The molecular weight excluding hydrogens is 584 g/mol. The molecule has 7 nitrogen and oxygen atoms in total. The van der Waals surface area contributed by atoms with Crippen molar-refractivity contribution in [2.45, 2.75) is 57.2 Å². The van der Waals surface area contributed by atoms with E-state index in [0.717, 1.165) is 62.1 Å². The molecule has 3 aromatic rings. The Hall–Kier alpha value is -3.50. The van der Waals surface area contributed by atoms with Gasteiger partial charge in [0.1, 0.15) is 12.6 Å². The molecule has 0 radical (unpaired) electrons. The summed E-state index contributed by atoms with van der Waals surface area (Å²) < 4.78 is 54.0. The van der Waals surface area contributed by atoms with Crippen LogP contribution in [-0.2, 0) is 32.6 Å². The van der Waals surface area contributed by atoms with Gasteiger partial charge in [0.15, 0.2) is 11.6 Å². The third kappa shape index (κ3) is 8.29. The standard InChI is InChI=1S/C31H34ClF2N3O4S/c1-42(40,41)37(25-16-17-27(33)28(34)19-25)21-30(38)36(20-23-12-8-9-15-26(23)32)29(18-22-10-4-2-5-11-22)31(39)35-24-13-6-3-7-14-24/h2,4-5,8-12,15-17,19,24,29H,3,6-7,13-14,18,20-21H2,1H3,(H,35,39)/t29-/m0/s1. The number of benzene rings is 3. The molecule has 0 spiro atoms. The lowest BCUT2D eigenvalue weighted by Crippen LogP contribution is -2.55. The summed E-state index contributed by atoms with van der Waals surface area (Å²) in [5.74, 6) is -3.47. The van der Waals surface area contributed by atoms with Crippen LogP contribution in [0.5, 0.6) is 0 Å². The van der Waals surface area contributed by atoms with Gasteiger partial charge in [-0.3, -0.25) is 13.9 Å². The van der Waals surface area contributed by atoms with Gasteiger partial charge in [0, 0.05) is 30.1 Å². The molecular formula is C31H34ClF2N3O4S. The maximum atomic E-state index is 14.1. The number of carbonyl (C=O) groups is 2. The van der Waals surface area contributed by atoms with Crippen molar-refractivity contribution in [2.24, 2.45) is 0 Å². The summed E-state index contributed by atoms with van der Waals surface area (Å²) in [5.41, 5.74) is 1.15. The van der Waals surface area contributed by atoms with Crippen molar-refractivity contribution < 1.29 is 26.8 Å². The van der Waals surface area contributed by atoms with Crippen molar-refractivity contribution in [2.75, 3.05) is 17.1 Å². The number of amides is 2. The van der Waals surface area contributed by atoms with E-state index in [4.69, 9.17) is 11.6 Å². The third-order valence-electron chi connectivity index (χ3n) is 7.39. The van der Waals surface area contributed by atoms with Crippen LogP contribution >= 0.6 is 11.6 Å². The van der Waals surface area contributed by atoms with E-state index in [1.165, 1.54) is 4.90 Å². The van der Waals surface area contributed by atoms with E-state index in [0.29, 0.717) is 14.9 Å². The molecule has 3 aromatic carbocycles. The Bertz CT molecular complexity index is 1500. The van der Waals surface area contributed by atoms with Crippen molar-refractivity contribution in [3.05, 3.63) is 101 Å². The average molecular weight is 618 g/mol. The normalized spacial score (nSPS) is 14.7. The summed E-state index contributed by atoms with van der Waals surface area (Å²) >= 11 is 6.46. The van der Waals surface area contributed by atoms with Gasteiger partial charge in [0.05, 0.1) is 11.9 Å². The number of hydrogen-bond acceptors (Lipinski definition) is 4. The van der Waals surface area contributed by atoms with Gasteiger partial charge in [-0.2, -0.15) is 0 Å². The van der Waals surface area contributed by atoms with E-state index in [1.807, 2.05) is 30.3 Å². The number of nitrogens with one attached hydrogen (secondary N) is 1. The van der Waals surface area contributed by atoms with Crippen molar-refractivity contribution in [3.63, 3.8) is 0 Å². The molecule has 1 N–H and O–H groups in total. The lowest BCUT2D eigenvalue weighted by molar-refractivity contribution is -0.140. The second-order valence-electron chi connectivity index (χ2n) is 10.5. The quantitative estimate of drug-likeness (QED) is 0.309. The molecule has 0 saturated heterocycles. The summed E-state index contributed by atoms with van der Waals surface area (Å²) in [6.45, 7) is -0.820. The first-order valence-corrected chi connectivity index (χ1v) is 16.1. The molecule has 0 unspecified atom stereocenters. The molecule has 1 saturated carbocycles. The van der Waals surface area contributed by atoms with Gasteiger partial charge < -0.3 is 10.2 Å². The summed E-state index contributed by atoms with van der Waals surface area (Å²) in [6.07, 6.45) is 5.79. The molecule has 1 aliphatic rings. The number of hydrogen-bond donors (Lipinski definition) is 1. The first-order valence-electron chi connectivity index (χ1n) is 13.8. The number of nitrogens with zero attached hydrogens (tertiary/aromatic N) is 2. The molecule has 1 fully saturated rings. The Balaban J connectivity index is 1.74. The van der Waals surface area contributed by atoms with Crippen molar-refractivity contribution in [1.29, 1.82) is 0 Å². The Morgan fingerprint density at radius 3 is 2.26 bits per heavy atom. The second-order valence-corrected chi connectivity index (χ2v) is 12.8. The van der Waals surface area contributed by atoms with Gasteiger partial charge in [-0.1, -0.05) is 79.4 Å². The lowest BCUT2D eigenvalue weighted by Gasteiger charge is -2.35. The Labute approximate surface area is 250 Å². The molecule has 1 atom stereocenters. The Kier molecular flexibility index (Phi) is 10.6. The number of rotatable bonds is 11. The monoisotopic (exact) mass is 617 g/mol. The molecule has 0 bridgehead atoms. The first kappa shape index (κ1) is 31.4. The summed E-state index contributed by atoms with van der Waals surface area (Å²) in [5, 5.41) is 3.49. The van der Waals surface area contributed by atoms with E-state index in [-0.39, 0.29) is 30.6 Å². The van der Waals surface area contributed by atoms with Gasteiger partial charge >= 0.3 is 0 Å². The summed E-state index contributed by atoms with van der Waals surface area (Å²) in [4.78, 5) is 29.3. The molecule has 4 rings (SSSR count). The minimum Gasteiger partial charge on any atom is -0.352 e. The maximum Gasteiger partial charge on any atom is 0.244 e. The highest BCUT2D eigenvalue weighted by Gasteiger charge is 2.34. The number of halogens is 3. The van der Waals surface area contributed by atoms with Crippen LogP contribution in [0, 0.1) is 11.6 Å². The Morgan fingerprint density at radius 2 is 1.62 bits per heavy atom. The third-order valence-corrected chi connectivity index (χ3v) is 8.90. The van der Waals surface area contributed by atoms with Crippen molar-refractivity contribution in [1.82, 2.24) is 10.2 Å². The van der Waals surface area contributed by atoms with Crippen LogP contribution in [0.2, 0.25) is 5.02 Å². The van der Waals surface area contributed by atoms with Crippen LogP contribution in [0.25, 0.3) is 0 Å². The first-order chi connectivity index (χ1) is 20.0. The van der Waals surface area contributed by atoms with Crippen LogP contribution in [0.3, 0.4) is 0 Å². The van der Waals surface area contributed by atoms with Gasteiger partial charge in [0.25, 0.3) is 0 Å². The minimum absolute atomic E-state index is 0.0310. The molecule has 2 amide bonds. The topological polar surface area (TPSA) is 86.8 Å². The van der Waals surface area contributed by atoms with Crippen LogP contribution in [-0.4, -0.2) is 50.0 Å². The zero-order valence-corrected chi connectivity index (χ0v) is 24.9. The fourth-order valence-electron chi connectivity index (χ4n) is 5.16. The molecule has 224 valence electrons. The molecule has 0 aliphatic heterocycles.